The van der Waals surface area contributed by atoms with Gasteiger partial charge < -0.3 is 5.32 Å². The summed E-state index contributed by atoms with van der Waals surface area (Å²) >= 11 is 0. The van der Waals surface area contributed by atoms with Crippen LogP contribution in [-0.4, -0.2) is 11.5 Å². The summed E-state index contributed by atoms with van der Waals surface area (Å²) in [5.74, 6) is 0.915. The number of aromatic nitrogens is 1. The number of para-hydroxylation sites is 1. The molecule has 2 aromatic rings. The molecule has 2 nitrogen and oxygen atoms in total. The van der Waals surface area contributed by atoms with Crippen LogP contribution in [0.2, 0.25) is 0 Å². The number of nitrogens with one attached hydrogen (secondary N) is 1. The summed E-state index contributed by atoms with van der Waals surface area (Å²) in [7, 11) is 0. The fraction of sp³-hybridized carbons (Fsp3) is 0.400. The summed E-state index contributed by atoms with van der Waals surface area (Å²) in [5, 5.41) is 4.79. The Kier molecular flexibility index (Phi) is 3.06. The zero-order valence-corrected chi connectivity index (χ0v) is 10.0. The van der Waals surface area contributed by atoms with Gasteiger partial charge in [0.15, 0.2) is 0 Å². The van der Waals surface area contributed by atoms with Gasteiger partial charge in [-0.1, -0.05) is 30.7 Å². The number of fused-ring (bicyclic) bond motifs is 1. The highest BCUT2D eigenvalue weighted by atomic mass is 14.9. The van der Waals surface area contributed by atoms with E-state index in [-0.39, 0.29) is 0 Å². The zero-order chi connectivity index (χ0) is 11.5. The highest BCUT2D eigenvalue weighted by Gasteiger charge is 2.16. The molecule has 3 rings (SSSR count). The minimum atomic E-state index is 0.915. The molecule has 0 radical (unpaired) electrons. The lowest BCUT2D eigenvalue weighted by Gasteiger charge is -2.25. The average Bonchev–Trinajstić information content (AvgIpc) is 2.32. The third-order valence-electron chi connectivity index (χ3n) is 3.69. The molecule has 17 heavy (non-hydrogen) atoms. The van der Waals surface area contributed by atoms with Gasteiger partial charge in [-0.25, -0.2) is 0 Å². The molecular formula is C15H18N2. The van der Waals surface area contributed by atoms with Gasteiger partial charge in [-0.3, -0.25) is 4.98 Å². The van der Waals surface area contributed by atoms with E-state index in [1.807, 2.05) is 12.3 Å². The topological polar surface area (TPSA) is 24.9 Å². The van der Waals surface area contributed by atoms with Gasteiger partial charge in [-0.15, -0.1) is 0 Å². The van der Waals surface area contributed by atoms with E-state index in [0.29, 0.717) is 0 Å². The smallest absolute Gasteiger partial charge is 0.0746 e. The van der Waals surface area contributed by atoms with E-state index in [1.54, 1.807) is 0 Å². The largest absolute Gasteiger partial charge is 0.312 e. The van der Waals surface area contributed by atoms with E-state index in [2.05, 4.69) is 34.6 Å². The number of pyridine rings is 1. The van der Waals surface area contributed by atoms with Crippen LogP contribution in [0.25, 0.3) is 10.9 Å². The zero-order valence-electron chi connectivity index (χ0n) is 10.0. The Morgan fingerprint density at radius 1 is 1.18 bits per heavy atom. The summed E-state index contributed by atoms with van der Waals surface area (Å²) in [5.41, 5.74) is 2.44. The summed E-state index contributed by atoms with van der Waals surface area (Å²) in [6.45, 7) is 2.09. The molecule has 0 bridgehead atoms. The molecule has 0 unspecified atom stereocenters. The first-order chi connectivity index (χ1) is 8.43. The van der Waals surface area contributed by atoms with Crippen LogP contribution in [0.4, 0.5) is 0 Å². The van der Waals surface area contributed by atoms with E-state index >= 15 is 0 Å². The summed E-state index contributed by atoms with van der Waals surface area (Å²) in [6.07, 6.45) is 6.10. The molecule has 1 N–H and O–H groups in total. The lowest BCUT2D eigenvalue weighted by molar-refractivity contribution is 0.301. The van der Waals surface area contributed by atoms with Crippen molar-refractivity contribution in [2.24, 2.45) is 5.92 Å². The molecule has 1 aliphatic rings. The number of hydrogen-bond acceptors (Lipinski definition) is 2. The Balaban J connectivity index is 1.71. The Bertz CT molecular complexity index is 498. The van der Waals surface area contributed by atoms with Gasteiger partial charge in [-0.2, -0.15) is 0 Å². The maximum Gasteiger partial charge on any atom is 0.0746 e. The first-order valence-electron chi connectivity index (χ1n) is 6.47. The van der Waals surface area contributed by atoms with Crippen LogP contribution < -0.4 is 5.32 Å². The Hall–Kier alpha value is -1.41. The van der Waals surface area contributed by atoms with Gasteiger partial charge in [0.1, 0.15) is 0 Å². The second kappa shape index (κ2) is 4.84. The number of hydrogen-bond donors (Lipinski definition) is 1. The van der Waals surface area contributed by atoms with Crippen LogP contribution >= 0.6 is 0 Å². The van der Waals surface area contributed by atoms with Gasteiger partial charge >= 0.3 is 0 Å². The van der Waals surface area contributed by atoms with Crippen LogP contribution in [-0.2, 0) is 6.54 Å². The van der Waals surface area contributed by atoms with Crippen molar-refractivity contribution in [3.63, 3.8) is 0 Å². The van der Waals surface area contributed by atoms with Crippen LogP contribution in [0.1, 0.15) is 24.8 Å². The fourth-order valence-corrected chi connectivity index (χ4v) is 2.42. The fourth-order valence-electron chi connectivity index (χ4n) is 2.42. The first-order valence-corrected chi connectivity index (χ1v) is 6.47. The second-order valence-electron chi connectivity index (χ2n) is 4.92. The van der Waals surface area contributed by atoms with Gasteiger partial charge in [0.25, 0.3) is 0 Å². The van der Waals surface area contributed by atoms with Crippen molar-refractivity contribution in [2.75, 3.05) is 6.54 Å². The normalized spacial score (nSPS) is 16.0. The van der Waals surface area contributed by atoms with E-state index < -0.39 is 0 Å². The molecule has 1 saturated carbocycles. The molecule has 0 aliphatic heterocycles. The SMILES string of the molecule is c1cnc2c(CNCC3CCC3)cccc2c1. The molecule has 1 fully saturated rings. The van der Waals surface area contributed by atoms with Gasteiger partial charge in [-0.05, 0) is 36.9 Å². The molecule has 0 atom stereocenters. The van der Waals surface area contributed by atoms with Crippen molar-refractivity contribution in [1.29, 1.82) is 0 Å². The van der Waals surface area contributed by atoms with Crippen LogP contribution in [0.5, 0.6) is 0 Å². The lowest BCUT2D eigenvalue weighted by Crippen LogP contribution is -2.26. The van der Waals surface area contributed by atoms with Crippen LogP contribution in [0.15, 0.2) is 36.5 Å². The highest BCUT2D eigenvalue weighted by Crippen LogP contribution is 2.25. The minimum absolute atomic E-state index is 0.915. The molecule has 1 aliphatic carbocycles. The average molecular weight is 226 g/mol. The predicted molar refractivity (Wildman–Crippen MR) is 70.8 cm³/mol. The molecule has 0 spiro atoms. The van der Waals surface area contributed by atoms with Gasteiger partial charge in [0.2, 0.25) is 0 Å². The van der Waals surface area contributed by atoms with E-state index in [4.69, 9.17) is 0 Å². The van der Waals surface area contributed by atoms with Crippen molar-refractivity contribution in [3.8, 4) is 0 Å². The molecule has 0 saturated heterocycles. The van der Waals surface area contributed by atoms with Gasteiger partial charge in [0.05, 0.1) is 5.52 Å². The monoisotopic (exact) mass is 226 g/mol. The van der Waals surface area contributed by atoms with Crippen molar-refractivity contribution in [1.82, 2.24) is 10.3 Å². The second-order valence-corrected chi connectivity index (χ2v) is 4.92. The number of benzene rings is 1. The third-order valence-corrected chi connectivity index (χ3v) is 3.69. The first kappa shape index (κ1) is 10.7. The Morgan fingerprint density at radius 2 is 2.06 bits per heavy atom. The van der Waals surface area contributed by atoms with E-state index in [0.717, 1.165) is 24.5 Å². The third kappa shape index (κ3) is 2.32. The summed E-state index contributed by atoms with van der Waals surface area (Å²) < 4.78 is 0. The van der Waals surface area contributed by atoms with Crippen molar-refractivity contribution in [2.45, 2.75) is 25.8 Å². The van der Waals surface area contributed by atoms with Crippen molar-refractivity contribution >= 4 is 10.9 Å². The molecule has 0 amide bonds. The molecular weight excluding hydrogens is 208 g/mol. The maximum atomic E-state index is 4.47. The minimum Gasteiger partial charge on any atom is -0.312 e. The van der Waals surface area contributed by atoms with Crippen LogP contribution in [0, 0.1) is 5.92 Å². The van der Waals surface area contributed by atoms with Gasteiger partial charge in [0, 0.05) is 18.1 Å². The molecule has 88 valence electrons. The molecule has 1 heterocycles. The maximum absolute atomic E-state index is 4.47. The Morgan fingerprint density at radius 3 is 2.88 bits per heavy atom. The van der Waals surface area contributed by atoms with Crippen LogP contribution in [0.3, 0.4) is 0 Å². The number of nitrogens with zero attached hydrogens (tertiary/aromatic N) is 1. The van der Waals surface area contributed by atoms with E-state index in [9.17, 15) is 0 Å². The summed E-state index contributed by atoms with van der Waals surface area (Å²) in [6, 6.07) is 10.5. The highest BCUT2D eigenvalue weighted by molar-refractivity contribution is 5.81. The predicted octanol–water partition coefficient (Wildman–Crippen LogP) is 3.12. The summed E-state index contributed by atoms with van der Waals surface area (Å²) in [4.78, 5) is 4.47. The van der Waals surface area contributed by atoms with Crippen molar-refractivity contribution in [3.05, 3.63) is 42.1 Å². The molecule has 1 aromatic carbocycles. The van der Waals surface area contributed by atoms with E-state index in [1.165, 1.54) is 30.2 Å². The lowest BCUT2D eigenvalue weighted by atomic mass is 9.85. The molecule has 1 aromatic heterocycles. The quantitative estimate of drug-likeness (QED) is 0.866. The number of rotatable bonds is 4. The Labute approximate surface area is 102 Å². The standard InChI is InChI=1S/C15H18N2/c1-4-12(5-1)10-16-11-14-7-2-6-13-8-3-9-17-15(13)14/h2-3,6-9,12,16H,1,4-5,10-11H2. The molecule has 2 heteroatoms. The van der Waals surface area contributed by atoms with Crippen molar-refractivity contribution < 1.29 is 0 Å².